The molecule has 1 aliphatic rings. The van der Waals surface area contributed by atoms with Gasteiger partial charge in [-0.25, -0.2) is 14.4 Å². The first-order chi connectivity index (χ1) is 17.9. The number of aromatic hydroxyl groups is 3. The fraction of sp³-hybridized carbons (Fsp3) is 0.269. The summed E-state index contributed by atoms with van der Waals surface area (Å²) < 4.78 is 15.3. The van der Waals surface area contributed by atoms with Crippen LogP contribution in [0, 0.1) is 0 Å². The summed E-state index contributed by atoms with van der Waals surface area (Å²) in [7, 11) is 1.35. The Kier molecular flexibility index (Phi) is 8.61. The minimum absolute atomic E-state index is 0.109. The van der Waals surface area contributed by atoms with Crippen molar-refractivity contribution < 1.29 is 59.2 Å². The molecule has 1 saturated carbocycles. The number of hydrogen-bond donors (Lipinski definition) is 6. The van der Waals surface area contributed by atoms with Crippen LogP contribution >= 0.6 is 0 Å². The molecule has 0 radical (unpaired) electrons. The number of carbonyl (C=O) groups is 3. The average molecular weight is 530 g/mol. The maximum atomic E-state index is 12.4. The van der Waals surface area contributed by atoms with Gasteiger partial charge < -0.3 is 44.8 Å². The number of methoxy groups -OCH3 is 1. The molecule has 4 atom stereocenters. The lowest BCUT2D eigenvalue weighted by molar-refractivity contribution is -0.207. The summed E-state index contributed by atoms with van der Waals surface area (Å²) >= 11 is 0. The fourth-order valence-electron chi connectivity index (χ4n) is 3.83. The number of rotatable bonds is 8. The lowest BCUT2D eigenvalue weighted by Gasteiger charge is -2.41. The van der Waals surface area contributed by atoms with Crippen LogP contribution in [-0.4, -0.2) is 79.6 Å². The zero-order valence-corrected chi connectivity index (χ0v) is 20.1. The van der Waals surface area contributed by atoms with Gasteiger partial charge in [-0.3, -0.25) is 0 Å². The molecule has 0 unspecified atom stereocenters. The molecule has 2 aromatic carbocycles. The fourth-order valence-corrected chi connectivity index (χ4v) is 3.83. The Morgan fingerprint density at radius 1 is 0.868 bits per heavy atom. The van der Waals surface area contributed by atoms with E-state index in [1.54, 1.807) is 0 Å². The minimum atomic E-state index is -2.32. The second-order valence-electron chi connectivity index (χ2n) is 8.51. The highest BCUT2D eigenvalue weighted by Crippen LogP contribution is 2.35. The SMILES string of the molecule is COc1cc(/C=C\C(=O)O[C@@H]2C[C@](OC(=O)/C=C/c3ccc(O)c(O)c3)(C(=O)O)C[C@@H](O)[C@H]2O)ccc1O. The Hall–Kier alpha value is -4.55. The molecule has 1 fully saturated rings. The number of aliphatic carboxylic acids is 1. The quantitative estimate of drug-likeness (QED) is 0.163. The zero-order valence-electron chi connectivity index (χ0n) is 20.1. The predicted octanol–water partition coefficient (Wildman–Crippen LogP) is 1.33. The number of carboxylic acid groups (broad SMARTS) is 1. The normalized spacial score (nSPS) is 23.3. The van der Waals surface area contributed by atoms with Crippen molar-refractivity contribution in [3.05, 3.63) is 59.7 Å². The zero-order chi connectivity index (χ0) is 28.0. The number of aliphatic hydroxyl groups excluding tert-OH is 2. The summed E-state index contributed by atoms with van der Waals surface area (Å²) in [5, 5.41) is 59.0. The van der Waals surface area contributed by atoms with E-state index in [2.05, 4.69) is 0 Å². The minimum Gasteiger partial charge on any atom is -0.504 e. The molecule has 0 aliphatic heterocycles. The Labute approximate surface area is 216 Å². The molecule has 12 nitrogen and oxygen atoms in total. The molecule has 0 heterocycles. The smallest absolute Gasteiger partial charge is 0.348 e. The predicted molar refractivity (Wildman–Crippen MR) is 130 cm³/mol. The number of carboxylic acids is 1. The number of phenols is 3. The Balaban J connectivity index is 1.73. The number of benzene rings is 2. The van der Waals surface area contributed by atoms with Crippen molar-refractivity contribution in [3.63, 3.8) is 0 Å². The lowest BCUT2D eigenvalue weighted by atomic mass is 9.79. The van der Waals surface area contributed by atoms with Crippen molar-refractivity contribution in [1.29, 1.82) is 0 Å². The number of phenolic OH excluding ortho intramolecular Hbond substituents is 3. The topological polar surface area (TPSA) is 200 Å². The van der Waals surface area contributed by atoms with E-state index in [9.17, 15) is 45.0 Å². The Bertz CT molecular complexity index is 1270. The van der Waals surface area contributed by atoms with E-state index in [1.807, 2.05) is 0 Å². The monoisotopic (exact) mass is 530 g/mol. The van der Waals surface area contributed by atoms with E-state index in [0.717, 1.165) is 18.2 Å². The first-order valence-corrected chi connectivity index (χ1v) is 11.2. The van der Waals surface area contributed by atoms with E-state index in [4.69, 9.17) is 14.2 Å². The van der Waals surface area contributed by atoms with Crippen LogP contribution in [0.15, 0.2) is 48.6 Å². The van der Waals surface area contributed by atoms with Gasteiger partial charge in [0.05, 0.1) is 13.2 Å². The molecule has 0 amide bonds. The van der Waals surface area contributed by atoms with Crippen LogP contribution in [0.1, 0.15) is 24.0 Å². The molecule has 12 heteroatoms. The van der Waals surface area contributed by atoms with Crippen molar-refractivity contribution in [1.82, 2.24) is 0 Å². The van der Waals surface area contributed by atoms with Crippen molar-refractivity contribution in [3.8, 4) is 23.0 Å². The van der Waals surface area contributed by atoms with Crippen LogP contribution in [-0.2, 0) is 23.9 Å². The van der Waals surface area contributed by atoms with E-state index in [0.29, 0.717) is 11.1 Å². The molecule has 0 saturated heterocycles. The first-order valence-electron chi connectivity index (χ1n) is 11.2. The Morgan fingerprint density at radius 3 is 2.08 bits per heavy atom. The summed E-state index contributed by atoms with van der Waals surface area (Å²) in [6.07, 6.45) is -1.80. The van der Waals surface area contributed by atoms with Crippen LogP contribution in [0.25, 0.3) is 12.2 Å². The second-order valence-corrected chi connectivity index (χ2v) is 8.51. The maximum Gasteiger partial charge on any atom is 0.348 e. The molecule has 2 aromatic rings. The number of ether oxygens (including phenoxy) is 3. The van der Waals surface area contributed by atoms with E-state index in [-0.39, 0.29) is 17.2 Å². The van der Waals surface area contributed by atoms with Gasteiger partial charge in [0.1, 0.15) is 12.2 Å². The Morgan fingerprint density at radius 2 is 1.47 bits per heavy atom. The highest BCUT2D eigenvalue weighted by molar-refractivity contribution is 5.91. The average Bonchev–Trinajstić information content (AvgIpc) is 2.87. The third-order valence-electron chi connectivity index (χ3n) is 5.83. The van der Waals surface area contributed by atoms with Crippen LogP contribution in [0.4, 0.5) is 0 Å². The van der Waals surface area contributed by atoms with E-state index < -0.39 is 60.4 Å². The van der Waals surface area contributed by atoms with Crippen LogP contribution in [0.2, 0.25) is 0 Å². The van der Waals surface area contributed by atoms with Gasteiger partial charge in [-0.15, -0.1) is 0 Å². The summed E-state index contributed by atoms with van der Waals surface area (Å²) in [6.45, 7) is 0. The summed E-state index contributed by atoms with van der Waals surface area (Å²) in [5.41, 5.74) is -1.56. The van der Waals surface area contributed by atoms with Crippen LogP contribution in [0.5, 0.6) is 23.0 Å². The summed E-state index contributed by atoms with van der Waals surface area (Å²) in [4.78, 5) is 36.9. The molecule has 202 valence electrons. The first kappa shape index (κ1) is 28.0. The van der Waals surface area contributed by atoms with Gasteiger partial charge in [0, 0.05) is 25.0 Å². The van der Waals surface area contributed by atoms with Gasteiger partial charge in [-0.1, -0.05) is 12.1 Å². The molecular weight excluding hydrogens is 504 g/mol. The van der Waals surface area contributed by atoms with Gasteiger partial charge in [0.15, 0.2) is 23.0 Å². The third kappa shape index (κ3) is 6.60. The number of hydrogen-bond acceptors (Lipinski definition) is 11. The summed E-state index contributed by atoms with van der Waals surface area (Å²) in [6, 6.07) is 8.00. The largest absolute Gasteiger partial charge is 0.504 e. The van der Waals surface area contributed by atoms with E-state index in [1.165, 1.54) is 49.6 Å². The standard InChI is InChI=1S/C26H26O12/c1-36-20-11-15(3-7-17(20)28)4-8-22(31)37-21-13-26(25(34)35,12-19(30)24(21)33)38-23(32)9-5-14-2-6-16(27)18(29)10-14/h2-11,19,21,24,27-30,33H,12-13H2,1H3,(H,34,35)/b8-4-,9-5+/t19-,21-,24-,26+/m1/s1. The molecule has 0 spiro atoms. The van der Waals surface area contributed by atoms with Gasteiger partial charge >= 0.3 is 17.9 Å². The van der Waals surface area contributed by atoms with Crippen molar-refractivity contribution in [2.24, 2.45) is 0 Å². The summed E-state index contributed by atoms with van der Waals surface area (Å²) in [5.74, 6) is -4.47. The molecule has 38 heavy (non-hydrogen) atoms. The van der Waals surface area contributed by atoms with Gasteiger partial charge in [-0.2, -0.15) is 0 Å². The second kappa shape index (κ2) is 11.7. The molecule has 0 aromatic heterocycles. The van der Waals surface area contributed by atoms with E-state index >= 15 is 0 Å². The number of carbonyl (C=O) groups excluding carboxylic acids is 2. The van der Waals surface area contributed by atoms with Crippen molar-refractivity contribution >= 4 is 30.1 Å². The number of aliphatic hydroxyl groups is 2. The third-order valence-corrected chi connectivity index (χ3v) is 5.83. The molecule has 3 rings (SSSR count). The maximum absolute atomic E-state index is 12.4. The van der Waals surface area contributed by atoms with Crippen molar-refractivity contribution in [2.75, 3.05) is 7.11 Å². The van der Waals surface area contributed by atoms with Crippen molar-refractivity contribution in [2.45, 2.75) is 36.8 Å². The van der Waals surface area contributed by atoms with Gasteiger partial charge in [-0.05, 0) is 47.5 Å². The van der Waals surface area contributed by atoms with Crippen LogP contribution < -0.4 is 4.74 Å². The molecule has 1 aliphatic carbocycles. The molecule has 0 bridgehead atoms. The van der Waals surface area contributed by atoms with Gasteiger partial charge in [0.25, 0.3) is 0 Å². The lowest BCUT2D eigenvalue weighted by Crippen LogP contribution is -2.58. The van der Waals surface area contributed by atoms with Gasteiger partial charge in [0.2, 0.25) is 5.60 Å². The number of esters is 2. The molecular formula is C26H26O12. The van der Waals surface area contributed by atoms with Crippen LogP contribution in [0.3, 0.4) is 0 Å². The highest BCUT2D eigenvalue weighted by atomic mass is 16.6. The molecule has 6 N–H and O–H groups in total. The highest BCUT2D eigenvalue weighted by Gasteiger charge is 2.54.